The van der Waals surface area contributed by atoms with Gasteiger partial charge in [-0.25, -0.2) is 0 Å². The second-order valence-corrected chi connectivity index (χ2v) is 19.7. The van der Waals surface area contributed by atoms with Crippen molar-refractivity contribution in [3.05, 3.63) is 36.0 Å². The first-order valence-electron chi connectivity index (χ1n) is 8.02. The van der Waals surface area contributed by atoms with Crippen molar-refractivity contribution in [2.75, 3.05) is 0 Å². The molecule has 0 radical (unpaired) electrons. The van der Waals surface area contributed by atoms with E-state index in [1.807, 2.05) is 0 Å². The van der Waals surface area contributed by atoms with Crippen LogP contribution in [0.5, 0.6) is 0 Å². The highest BCUT2D eigenvalue weighted by atomic mass is 28.3. The van der Waals surface area contributed by atoms with Crippen molar-refractivity contribution in [1.29, 1.82) is 0 Å². The molecular weight excluding hydrogens is 286 g/mol. The Kier molecular flexibility index (Phi) is 4.05. The molecule has 1 aromatic carbocycles. The lowest BCUT2D eigenvalue weighted by Crippen LogP contribution is -2.44. The van der Waals surface area contributed by atoms with Gasteiger partial charge >= 0.3 is 0 Å². The molecule has 0 N–H and O–H groups in total. The molecule has 2 aromatic rings. The van der Waals surface area contributed by atoms with Crippen LogP contribution in [-0.4, -0.2) is 20.5 Å². The SMILES string of the molecule is CC(C)(C)[Si](C)(C)n1ccc2cc(C[Si](C)(C)C)ccc21. The van der Waals surface area contributed by atoms with E-state index in [4.69, 9.17) is 0 Å². The van der Waals surface area contributed by atoms with Crippen LogP contribution in [-0.2, 0) is 6.04 Å². The molecule has 0 atom stereocenters. The number of hydrogen-bond donors (Lipinski definition) is 0. The predicted octanol–water partition coefficient (Wildman–Crippen LogP) is 5.91. The molecule has 0 fully saturated rings. The van der Waals surface area contributed by atoms with Crippen molar-refractivity contribution in [2.45, 2.75) is 64.6 Å². The van der Waals surface area contributed by atoms with E-state index in [2.05, 4.69) is 88.2 Å². The summed E-state index contributed by atoms with van der Waals surface area (Å²) < 4.78 is 2.58. The van der Waals surface area contributed by atoms with E-state index in [-0.39, 0.29) is 0 Å². The molecule has 1 heterocycles. The normalized spacial score (nSPS) is 13.9. The molecule has 0 bridgehead atoms. The summed E-state index contributed by atoms with van der Waals surface area (Å²) in [7, 11) is -2.58. The maximum Gasteiger partial charge on any atom is 0.161 e. The Bertz CT molecular complexity index is 639. The molecule has 0 aliphatic carbocycles. The minimum Gasteiger partial charge on any atom is -0.374 e. The zero-order valence-corrected chi connectivity index (χ0v) is 17.0. The number of benzene rings is 1. The number of nitrogens with zero attached hydrogens (tertiary/aromatic N) is 1. The first kappa shape index (κ1) is 16.6. The molecule has 3 heteroatoms. The fraction of sp³-hybridized carbons (Fsp3) is 0.556. The van der Waals surface area contributed by atoms with E-state index in [0.717, 1.165) is 0 Å². The van der Waals surface area contributed by atoms with E-state index in [1.54, 1.807) is 0 Å². The molecule has 0 unspecified atom stereocenters. The maximum absolute atomic E-state index is 2.58. The second kappa shape index (κ2) is 5.13. The monoisotopic (exact) mass is 317 g/mol. The quantitative estimate of drug-likeness (QED) is 0.620. The van der Waals surface area contributed by atoms with E-state index in [1.165, 1.54) is 22.5 Å². The third-order valence-corrected chi connectivity index (χ3v) is 11.7. The van der Waals surface area contributed by atoms with Crippen molar-refractivity contribution in [2.24, 2.45) is 0 Å². The van der Waals surface area contributed by atoms with Gasteiger partial charge in [-0.05, 0) is 46.4 Å². The third kappa shape index (κ3) is 3.34. The molecule has 21 heavy (non-hydrogen) atoms. The van der Waals surface area contributed by atoms with Gasteiger partial charge in [0.25, 0.3) is 0 Å². The summed E-state index contributed by atoms with van der Waals surface area (Å²) in [5.74, 6) is 0. The first-order chi connectivity index (χ1) is 9.42. The molecule has 0 saturated carbocycles. The van der Waals surface area contributed by atoms with Crippen LogP contribution >= 0.6 is 0 Å². The van der Waals surface area contributed by atoms with Crippen molar-refractivity contribution in [3.8, 4) is 0 Å². The van der Waals surface area contributed by atoms with Gasteiger partial charge in [0.2, 0.25) is 0 Å². The highest BCUT2D eigenvalue weighted by molar-refractivity contribution is 6.79. The number of aromatic nitrogens is 1. The molecule has 0 aliphatic heterocycles. The van der Waals surface area contributed by atoms with E-state index in [0.29, 0.717) is 5.04 Å². The third-order valence-electron chi connectivity index (χ3n) is 4.93. The summed E-state index contributed by atoms with van der Waals surface area (Å²) in [6, 6.07) is 10.7. The highest BCUT2D eigenvalue weighted by Crippen LogP contribution is 2.38. The van der Waals surface area contributed by atoms with Crippen LogP contribution in [0.1, 0.15) is 26.3 Å². The van der Waals surface area contributed by atoms with Crippen LogP contribution in [0.4, 0.5) is 0 Å². The lowest BCUT2D eigenvalue weighted by Gasteiger charge is -2.38. The van der Waals surface area contributed by atoms with Crippen LogP contribution in [0.2, 0.25) is 37.8 Å². The lowest BCUT2D eigenvalue weighted by atomic mass is 10.2. The van der Waals surface area contributed by atoms with Crippen molar-refractivity contribution in [1.82, 2.24) is 4.23 Å². The van der Waals surface area contributed by atoms with Crippen molar-refractivity contribution < 1.29 is 0 Å². The molecule has 1 aromatic heterocycles. The molecule has 0 spiro atoms. The Balaban J connectivity index is 2.47. The zero-order chi connectivity index (χ0) is 16.1. The Morgan fingerprint density at radius 1 is 0.952 bits per heavy atom. The van der Waals surface area contributed by atoms with Gasteiger partial charge < -0.3 is 4.23 Å². The topological polar surface area (TPSA) is 4.93 Å². The summed E-state index contributed by atoms with van der Waals surface area (Å²) in [5, 5.41) is 1.77. The fourth-order valence-electron chi connectivity index (χ4n) is 2.76. The van der Waals surface area contributed by atoms with E-state index >= 15 is 0 Å². The Morgan fingerprint density at radius 3 is 2.10 bits per heavy atom. The number of hydrogen-bond acceptors (Lipinski definition) is 0. The molecule has 0 amide bonds. The predicted molar refractivity (Wildman–Crippen MR) is 102 cm³/mol. The Labute approximate surface area is 132 Å². The Hall–Kier alpha value is -0.806. The average Bonchev–Trinajstić information content (AvgIpc) is 2.68. The average molecular weight is 318 g/mol. The highest BCUT2D eigenvalue weighted by Gasteiger charge is 2.37. The zero-order valence-electron chi connectivity index (χ0n) is 15.0. The first-order valence-corrected chi connectivity index (χ1v) is 14.7. The summed E-state index contributed by atoms with van der Waals surface area (Å²) in [6.45, 7) is 19.4. The lowest BCUT2D eigenvalue weighted by molar-refractivity contribution is 0.703. The molecule has 116 valence electrons. The molecule has 0 aliphatic rings. The Morgan fingerprint density at radius 2 is 1.57 bits per heavy atom. The van der Waals surface area contributed by atoms with E-state index in [9.17, 15) is 0 Å². The van der Waals surface area contributed by atoms with Gasteiger partial charge in [0.15, 0.2) is 8.24 Å². The molecule has 0 saturated heterocycles. The van der Waals surface area contributed by atoms with Crippen molar-refractivity contribution >= 4 is 27.2 Å². The van der Waals surface area contributed by atoms with Crippen LogP contribution in [0.15, 0.2) is 30.5 Å². The number of rotatable bonds is 3. The van der Waals surface area contributed by atoms with Gasteiger partial charge in [-0.3, -0.25) is 0 Å². The van der Waals surface area contributed by atoms with E-state index < -0.39 is 16.3 Å². The molecular formula is C18H31NSi2. The molecule has 1 nitrogen and oxygen atoms in total. The van der Waals surface area contributed by atoms with Crippen LogP contribution in [0.25, 0.3) is 10.9 Å². The summed E-state index contributed by atoms with van der Waals surface area (Å²) >= 11 is 0. The number of fused-ring (bicyclic) bond motifs is 1. The maximum atomic E-state index is 2.58. The largest absolute Gasteiger partial charge is 0.374 e. The standard InChI is InChI=1S/C18H31NSi2/c1-18(2,3)21(7,8)19-12-11-16-13-15(9-10-17(16)19)14-20(4,5)6/h9-13H,14H2,1-8H3. The summed E-state index contributed by atoms with van der Waals surface area (Å²) in [5.41, 5.74) is 2.93. The van der Waals surface area contributed by atoms with Gasteiger partial charge in [0.05, 0.1) is 0 Å². The van der Waals surface area contributed by atoms with Crippen LogP contribution < -0.4 is 0 Å². The minimum absolute atomic E-state index is 0.357. The van der Waals surface area contributed by atoms with Gasteiger partial charge in [-0.15, -0.1) is 0 Å². The van der Waals surface area contributed by atoms with Crippen molar-refractivity contribution in [3.63, 3.8) is 0 Å². The van der Waals surface area contributed by atoms with Crippen LogP contribution in [0, 0.1) is 0 Å². The molecule has 2 rings (SSSR count). The minimum atomic E-state index is -1.53. The summed E-state index contributed by atoms with van der Waals surface area (Å²) in [4.78, 5) is 0. The van der Waals surface area contributed by atoms with Crippen LogP contribution in [0.3, 0.4) is 0 Å². The fourth-order valence-corrected chi connectivity index (χ4v) is 6.18. The smallest absolute Gasteiger partial charge is 0.161 e. The second-order valence-electron chi connectivity index (χ2n) is 9.13. The van der Waals surface area contributed by atoms with Gasteiger partial charge in [-0.2, -0.15) is 0 Å². The summed E-state index contributed by atoms with van der Waals surface area (Å²) in [6.07, 6.45) is 2.32. The van der Waals surface area contributed by atoms with Gasteiger partial charge in [-0.1, -0.05) is 59.6 Å². The van der Waals surface area contributed by atoms with Gasteiger partial charge in [0, 0.05) is 13.6 Å². The van der Waals surface area contributed by atoms with Gasteiger partial charge in [0.1, 0.15) is 0 Å².